The topological polar surface area (TPSA) is 61.8 Å². The maximum atomic E-state index is 12.1. The normalized spacial score (nSPS) is 18.4. The number of hydrogen-bond acceptors (Lipinski definition) is 3. The minimum atomic E-state index is -0.422. The van der Waals surface area contributed by atoms with Crippen molar-refractivity contribution >= 4 is 27.6 Å². The second kappa shape index (κ2) is 6.45. The Balaban J connectivity index is 2.11. The van der Waals surface area contributed by atoms with Gasteiger partial charge in [-0.1, -0.05) is 15.9 Å². The molecule has 5 nitrogen and oxygen atoms in total. The van der Waals surface area contributed by atoms with Gasteiger partial charge in [-0.25, -0.2) is 4.79 Å². The quantitative estimate of drug-likeness (QED) is 0.887. The summed E-state index contributed by atoms with van der Waals surface area (Å²) in [5.74, 6) is 0.635. The van der Waals surface area contributed by atoms with Gasteiger partial charge >= 0.3 is 6.03 Å². The second-order valence-electron chi connectivity index (χ2n) is 5.13. The van der Waals surface area contributed by atoms with Crippen LogP contribution in [0.5, 0.6) is 5.75 Å². The summed E-state index contributed by atoms with van der Waals surface area (Å²) in [6.45, 7) is 4.82. The Hall–Kier alpha value is -1.27. The van der Waals surface area contributed by atoms with E-state index in [9.17, 15) is 9.90 Å². The van der Waals surface area contributed by atoms with Gasteiger partial charge in [0.1, 0.15) is 5.75 Å². The molecule has 1 heterocycles. The van der Waals surface area contributed by atoms with Gasteiger partial charge in [0.15, 0.2) is 0 Å². The van der Waals surface area contributed by atoms with Crippen LogP contribution in [0.2, 0.25) is 0 Å². The number of halogens is 1. The van der Waals surface area contributed by atoms with Crippen molar-refractivity contribution in [3.8, 4) is 5.75 Å². The van der Waals surface area contributed by atoms with Crippen molar-refractivity contribution in [2.45, 2.75) is 32.5 Å². The first-order valence-electron chi connectivity index (χ1n) is 6.66. The van der Waals surface area contributed by atoms with Gasteiger partial charge in [0.2, 0.25) is 0 Å². The summed E-state index contributed by atoms with van der Waals surface area (Å²) in [5.41, 5.74) is 0.625. The highest BCUT2D eigenvalue weighted by Gasteiger charge is 2.25. The summed E-state index contributed by atoms with van der Waals surface area (Å²) in [6, 6.07) is 5.28. The number of nitrogens with zero attached hydrogens (tertiary/aromatic N) is 1. The smallest absolute Gasteiger partial charge is 0.322 e. The van der Waals surface area contributed by atoms with Gasteiger partial charge in [-0.15, -0.1) is 0 Å². The Morgan fingerprint density at radius 2 is 2.30 bits per heavy atom. The number of benzene rings is 1. The summed E-state index contributed by atoms with van der Waals surface area (Å²) in [5, 5.41) is 12.3. The van der Waals surface area contributed by atoms with Gasteiger partial charge in [-0.2, -0.15) is 0 Å². The van der Waals surface area contributed by atoms with Crippen LogP contribution in [-0.2, 0) is 0 Å². The minimum absolute atomic E-state index is 0.0282. The van der Waals surface area contributed by atoms with Crippen LogP contribution >= 0.6 is 15.9 Å². The first-order chi connectivity index (χ1) is 9.45. The molecule has 0 aliphatic carbocycles. The predicted octanol–water partition coefficient (Wildman–Crippen LogP) is 2.83. The largest absolute Gasteiger partial charge is 0.489 e. The molecule has 2 N–H and O–H groups in total. The molecule has 0 spiro atoms. The summed E-state index contributed by atoms with van der Waals surface area (Å²) in [4.78, 5) is 13.7. The van der Waals surface area contributed by atoms with Gasteiger partial charge in [0.25, 0.3) is 0 Å². The van der Waals surface area contributed by atoms with Crippen LogP contribution < -0.4 is 10.1 Å². The monoisotopic (exact) mass is 342 g/mol. The van der Waals surface area contributed by atoms with E-state index >= 15 is 0 Å². The highest BCUT2D eigenvalue weighted by atomic mass is 79.9. The number of anilines is 1. The van der Waals surface area contributed by atoms with E-state index in [-0.39, 0.29) is 12.1 Å². The minimum Gasteiger partial charge on any atom is -0.489 e. The summed E-state index contributed by atoms with van der Waals surface area (Å²) in [7, 11) is 0. The number of nitrogens with one attached hydrogen (secondary N) is 1. The van der Waals surface area contributed by atoms with Crippen LogP contribution in [0.1, 0.15) is 20.3 Å². The number of carbonyl (C=O) groups is 1. The summed E-state index contributed by atoms with van der Waals surface area (Å²) < 4.78 is 6.55. The van der Waals surface area contributed by atoms with Crippen LogP contribution in [0, 0.1) is 0 Å². The van der Waals surface area contributed by atoms with Gasteiger partial charge in [0, 0.05) is 17.6 Å². The van der Waals surface area contributed by atoms with Crippen molar-refractivity contribution in [3.05, 3.63) is 22.7 Å². The van der Waals surface area contributed by atoms with Crippen LogP contribution in [-0.4, -0.2) is 41.3 Å². The zero-order valence-electron chi connectivity index (χ0n) is 11.6. The second-order valence-corrected chi connectivity index (χ2v) is 6.04. The molecule has 2 amide bonds. The lowest BCUT2D eigenvalue weighted by Crippen LogP contribution is -2.33. The maximum Gasteiger partial charge on any atom is 0.322 e. The maximum absolute atomic E-state index is 12.1. The highest BCUT2D eigenvalue weighted by Crippen LogP contribution is 2.29. The number of aliphatic hydroxyl groups excluding tert-OH is 1. The lowest BCUT2D eigenvalue weighted by Gasteiger charge is -2.19. The molecule has 0 unspecified atom stereocenters. The third-order valence-electron chi connectivity index (χ3n) is 3.00. The van der Waals surface area contributed by atoms with E-state index < -0.39 is 6.10 Å². The summed E-state index contributed by atoms with van der Waals surface area (Å²) in [6.07, 6.45) is 0.233. The number of β-amino-alcohol motifs (C(OH)–C–C–N with tert-alkyl or cyclic N) is 1. The number of rotatable bonds is 3. The van der Waals surface area contributed by atoms with Crippen molar-refractivity contribution in [2.24, 2.45) is 0 Å². The molecule has 1 aliphatic rings. The lowest BCUT2D eigenvalue weighted by molar-refractivity contribution is 0.176. The third kappa shape index (κ3) is 3.86. The molecule has 2 rings (SSSR count). The molecule has 1 aromatic rings. The average Bonchev–Trinajstić information content (AvgIpc) is 2.79. The van der Waals surface area contributed by atoms with Gasteiger partial charge in [-0.05, 0) is 38.5 Å². The first-order valence-corrected chi connectivity index (χ1v) is 7.45. The third-order valence-corrected chi connectivity index (χ3v) is 3.49. The van der Waals surface area contributed by atoms with Crippen LogP contribution in [0.4, 0.5) is 10.5 Å². The molecule has 0 saturated carbocycles. The molecule has 1 aromatic carbocycles. The number of carbonyl (C=O) groups excluding carboxylic acids is 1. The van der Waals surface area contributed by atoms with E-state index in [0.717, 1.165) is 4.47 Å². The fraction of sp³-hybridized carbons (Fsp3) is 0.500. The van der Waals surface area contributed by atoms with E-state index in [2.05, 4.69) is 21.2 Å². The Kier molecular flexibility index (Phi) is 4.88. The Labute approximate surface area is 127 Å². The Bertz CT molecular complexity index is 493. The van der Waals surface area contributed by atoms with E-state index in [4.69, 9.17) is 4.74 Å². The SMILES string of the molecule is CC(C)Oc1ccc(Br)cc1NC(=O)N1CC[C@@H](O)C1. The molecule has 0 aromatic heterocycles. The molecule has 20 heavy (non-hydrogen) atoms. The van der Waals surface area contributed by atoms with Crippen molar-refractivity contribution in [1.29, 1.82) is 0 Å². The van der Waals surface area contributed by atoms with Gasteiger partial charge < -0.3 is 20.1 Å². The van der Waals surface area contributed by atoms with Gasteiger partial charge in [0.05, 0.1) is 17.9 Å². The standard InChI is InChI=1S/C14H19BrN2O3/c1-9(2)20-13-4-3-10(15)7-12(13)16-14(19)17-6-5-11(18)8-17/h3-4,7,9,11,18H,5-6,8H2,1-2H3,(H,16,19)/t11-/m1/s1. The molecule has 1 fully saturated rings. The molecule has 0 radical (unpaired) electrons. The van der Waals surface area contributed by atoms with Crippen molar-refractivity contribution in [2.75, 3.05) is 18.4 Å². The predicted molar refractivity (Wildman–Crippen MR) is 81.1 cm³/mol. The van der Waals surface area contributed by atoms with Crippen molar-refractivity contribution < 1.29 is 14.6 Å². The van der Waals surface area contributed by atoms with Crippen LogP contribution in [0.3, 0.4) is 0 Å². The molecule has 1 aliphatic heterocycles. The summed E-state index contributed by atoms with van der Waals surface area (Å²) >= 11 is 3.39. The number of aliphatic hydroxyl groups is 1. The van der Waals surface area contributed by atoms with E-state index in [0.29, 0.717) is 30.9 Å². The fourth-order valence-electron chi connectivity index (χ4n) is 2.08. The molecular weight excluding hydrogens is 324 g/mol. The lowest BCUT2D eigenvalue weighted by atomic mass is 10.3. The zero-order valence-corrected chi connectivity index (χ0v) is 13.2. The number of ether oxygens (including phenoxy) is 1. The number of likely N-dealkylation sites (tertiary alicyclic amines) is 1. The number of hydrogen-bond donors (Lipinski definition) is 2. The zero-order chi connectivity index (χ0) is 14.7. The van der Waals surface area contributed by atoms with E-state index in [1.165, 1.54) is 0 Å². The molecule has 0 bridgehead atoms. The van der Waals surface area contributed by atoms with Crippen LogP contribution in [0.15, 0.2) is 22.7 Å². The van der Waals surface area contributed by atoms with Crippen molar-refractivity contribution in [1.82, 2.24) is 4.90 Å². The Morgan fingerprint density at radius 3 is 2.90 bits per heavy atom. The number of amides is 2. The molecule has 1 atom stereocenters. The Morgan fingerprint density at radius 1 is 1.55 bits per heavy atom. The van der Waals surface area contributed by atoms with E-state index in [1.54, 1.807) is 4.90 Å². The number of urea groups is 1. The van der Waals surface area contributed by atoms with Gasteiger partial charge in [-0.3, -0.25) is 0 Å². The fourth-order valence-corrected chi connectivity index (χ4v) is 2.44. The first kappa shape index (κ1) is 15.1. The van der Waals surface area contributed by atoms with Crippen LogP contribution in [0.25, 0.3) is 0 Å². The van der Waals surface area contributed by atoms with Crippen molar-refractivity contribution in [3.63, 3.8) is 0 Å². The molecular formula is C14H19BrN2O3. The molecule has 110 valence electrons. The molecule has 1 saturated heterocycles. The molecule has 6 heteroatoms. The highest BCUT2D eigenvalue weighted by molar-refractivity contribution is 9.10. The van der Waals surface area contributed by atoms with E-state index in [1.807, 2.05) is 32.0 Å². The average molecular weight is 343 g/mol.